The lowest BCUT2D eigenvalue weighted by Gasteiger charge is -2.17. The van der Waals surface area contributed by atoms with Crippen molar-refractivity contribution >= 4 is 10.8 Å². The second-order valence-corrected chi connectivity index (χ2v) is 4.91. The Balaban J connectivity index is 2.08. The van der Waals surface area contributed by atoms with Gasteiger partial charge in [-0.05, 0) is 40.1 Å². The second-order valence-electron chi connectivity index (χ2n) is 4.91. The Labute approximate surface area is 121 Å². The van der Waals surface area contributed by atoms with Gasteiger partial charge in [-0.3, -0.25) is 5.84 Å². The van der Waals surface area contributed by atoms with Crippen molar-refractivity contribution in [2.45, 2.75) is 6.04 Å². The molecular formula is C17H14F2N2. The van der Waals surface area contributed by atoms with E-state index in [1.54, 1.807) is 0 Å². The lowest BCUT2D eigenvalue weighted by Crippen LogP contribution is -2.29. The van der Waals surface area contributed by atoms with Gasteiger partial charge >= 0.3 is 0 Å². The highest BCUT2D eigenvalue weighted by atomic mass is 19.1. The zero-order chi connectivity index (χ0) is 14.8. The molecule has 4 heteroatoms. The molecule has 0 aliphatic rings. The third-order valence-corrected chi connectivity index (χ3v) is 3.49. The third kappa shape index (κ3) is 2.77. The predicted octanol–water partition coefficient (Wildman–Crippen LogP) is 3.67. The van der Waals surface area contributed by atoms with Crippen molar-refractivity contribution in [1.29, 1.82) is 0 Å². The van der Waals surface area contributed by atoms with Gasteiger partial charge in [-0.2, -0.15) is 0 Å². The summed E-state index contributed by atoms with van der Waals surface area (Å²) >= 11 is 0. The van der Waals surface area contributed by atoms with E-state index in [9.17, 15) is 8.78 Å². The smallest absolute Gasteiger partial charge is 0.126 e. The molecular weight excluding hydrogens is 270 g/mol. The lowest BCUT2D eigenvalue weighted by atomic mass is 9.96. The first kappa shape index (κ1) is 13.7. The molecule has 3 aromatic carbocycles. The normalized spacial score (nSPS) is 12.5. The van der Waals surface area contributed by atoms with Crippen LogP contribution in [-0.2, 0) is 0 Å². The molecule has 3 N–H and O–H groups in total. The fraction of sp³-hybridized carbons (Fsp3) is 0.0588. The van der Waals surface area contributed by atoms with Crippen LogP contribution in [0.5, 0.6) is 0 Å². The number of fused-ring (bicyclic) bond motifs is 1. The van der Waals surface area contributed by atoms with Crippen molar-refractivity contribution in [1.82, 2.24) is 5.43 Å². The summed E-state index contributed by atoms with van der Waals surface area (Å²) in [7, 11) is 0. The molecule has 3 rings (SSSR count). The molecule has 0 heterocycles. The van der Waals surface area contributed by atoms with Crippen LogP contribution in [0, 0.1) is 11.6 Å². The van der Waals surface area contributed by atoms with Gasteiger partial charge < -0.3 is 0 Å². The number of nitrogens with two attached hydrogens (primary N) is 1. The van der Waals surface area contributed by atoms with Gasteiger partial charge in [0.15, 0.2) is 0 Å². The van der Waals surface area contributed by atoms with Crippen LogP contribution in [0.4, 0.5) is 8.78 Å². The topological polar surface area (TPSA) is 38.0 Å². The highest BCUT2D eigenvalue weighted by molar-refractivity contribution is 5.83. The number of hydrogen-bond acceptors (Lipinski definition) is 2. The van der Waals surface area contributed by atoms with Crippen LogP contribution in [0.1, 0.15) is 17.2 Å². The van der Waals surface area contributed by atoms with Gasteiger partial charge in [0.05, 0.1) is 6.04 Å². The van der Waals surface area contributed by atoms with Crippen LogP contribution in [0.3, 0.4) is 0 Å². The average Bonchev–Trinajstić information content (AvgIpc) is 2.47. The Hall–Kier alpha value is -2.30. The molecule has 0 saturated carbocycles. The molecule has 0 aliphatic carbocycles. The number of hydrazine groups is 1. The van der Waals surface area contributed by atoms with Crippen molar-refractivity contribution in [3.8, 4) is 0 Å². The quantitative estimate of drug-likeness (QED) is 0.569. The molecule has 106 valence electrons. The Morgan fingerprint density at radius 2 is 1.43 bits per heavy atom. The third-order valence-electron chi connectivity index (χ3n) is 3.49. The van der Waals surface area contributed by atoms with Gasteiger partial charge in [-0.15, -0.1) is 0 Å². The summed E-state index contributed by atoms with van der Waals surface area (Å²) in [5, 5.41) is 2.15. The van der Waals surface area contributed by atoms with E-state index in [4.69, 9.17) is 5.84 Å². The Bertz CT molecular complexity index is 766. The summed E-state index contributed by atoms with van der Waals surface area (Å²) in [5.41, 5.74) is 3.92. The fourth-order valence-electron chi connectivity index (χ4n) is 2.51. The highest BCUT2D eigenvalue weighted by Gasteiger charge is 2.15. The average molecular weight is 284 g/mol. The summed E-state index contributed by atoms with van der Waals surface area (Å²) in [5.74, 6) is 4.35. The number of hydrogen-bond donors (Lipinski definition) is 2. The number of benzene rings is 3. The standard InChI is InChI=1S/C17H14F2N2/c18-15-8-14(9-16(19)10-15)17(21-20)13-6-5-11-3-1-2-4-12(11)7-13/h1-10,17,21H,20H2. The van der Waals surface area contributed by atoms with Crippen LogP contribution in [-0.4, -0.2) is 0 Å². The summed E-state index contributed by atoms with van der Waals surface area (Å²) < 4.78 is 26.8. The molecule has 3 aromatic rings. The van der Waals surface area contributed by atoms with E-state index < -0.39 is 17.7 Å². The van der Waals surface area contributed by atoms with E-state index in [1.165, 1.54) is 12.1 Å². The lowest BCUT2D eigenvalue weighted by molar-refractivity contribution is 0.566. The summed E-state index contributed by atoms with van der Waals surface area (Å²) in [6, 6.07) is 16.7. The molecule has 0 fully saturated rings. The second kappa shape index (κ2) is 5.60. The Morgan fingerprint density at radius 1 is 0.762 bits per heavy atom. The van der Waals surface area contributed by atoms with Gasteiger partial charge in [0.2, 0.25) is 0 Å². The maximum atomic E-state index is 13.4. The number of rotatable bonds is 3. The van der Waals surface area contributed by atoms with Gasteiger partial charge in [-0.25, -0.2) is 14.2 Å². The minimum Gasteiger partial charge on any atom is -0.271 e. The van der Waals surface area contributed by atoms with Crippen LogP contribution >= 0.6 is 0 Å². The van der Waals surface area contributed by atoms with Gasteiger partial charge in [0, 0.05) is 6.07 Å². The van der Waals surface area contributed by atoms with Crippen molar-refractivity contribution in [2.24, 2.45) is 5.84 Å². The van der Waals surface area contributed by atoms with E-state index >= 15 is 0 Å². The molecule has 0 radical (unpaired) electrons. The molecule has 2 nitrogen and oxygen atoms in total. The molecule has 1 unspecified atom stereocenters. The fourth-order valence-corrected chi connectivity index (χ4v) is 2.51. The highest BCUT2D eigenvalue weighted by Crippen LogP contribution is 2.26. The first-order valence-electron chi connectivity index (χ1n) is 6.58. The Morgan fingerprint density at radius 3 is 2.10 bits per heavy atom. The summed E-state index contributed by atoms with van der Waals surface area (Å²) in [6.45, 7) is 0. The van der Waals surface area contributed by atoms with Crippen LogP contribution in [0.15, 0.2) is 60.7 Å². The predicted molar refractivity (Wildman–Crippen MR) is 79.5 cm³/mol. The van der Waals surface area contributed by atoms with Crippen molar-refractivity contribution in [3.63, 3.8) is 0 Å². The van der Waals surface area contributed by atoms with Gasteiger partial charge in [0.1, 0.15) is 11.6 Å². The van der Waals surface area contributed by atoms with Gasteiger partial charge in [0.25, 0.3) is 0 Å². The maximum absolute atomic E-state index is 13.4. The molecule has 0 saturated heterocycles. The minimum atomic E-state index is -0.619. The van der Waals surface area contributed by atoms with Gasteiger partial charge in [-0.1, -0.05) is 36.4 Å². The first-order chi connectivity index (χ1) is 10.2. The van der Waals surface area contributed by atoms with E-state index in [1.807, 2.05) is 42.5 Å². The van der Waals surface area contributed by atoms with E-state index in [-0.39, 0.29) is 0 Å². The van der Waals surface area contributed by atoms with Crippen LogP contribution in [0.25, 0.3) is 10.8 Å². The zero-order valence-electron chi connectivity index (χ0n) is 11.2. The maximum Gasteiger partial charge on any atom is 0.126 e. The molecule has 0 bridgehead atoms. The molecule has 21 heavy (non-hydrogen) atoms. The minimum absolute atomic E-state index is 0.449. The zero-order valence-corrected chi connectivity index (χ0v) is 11.2. The van der Waals surface area contributed by atoms with Crippen LogP contribution in [0.2, 0.25) is 0 Å². The van der Waals surface area contributed by atoms with E-state index in [0.717, 1.165) is 22.4 Å². The molecule has 1 atom stereocenters. The SMILES string of the molecule is NNC(c1cc(F)cc(F)c1)c1ccc2ccccc2c1. The molecule has 0 aromatic heterocycles. The summed E-state index contributed by atoms with van der Waals surface area (Å²) in [6.07, 6.45) is 0. The molecule has 0 spiro atoms. The summed E-state index contributed by atoms with van der Waals surface area (Å²) in [4.78, 5) is 0. The molecule has 0 aliphatic heterocycles. The van der Waals surface area contributed by atoms with Crippen molar-refractivity contribution in [2.75, 3.05) is 0 Å². The van der Waals surface area contributed by atoms with Crippen molar-refractivity contribution in [3.05, 3.63) is 83.4 Å². The Kier molecular flexibility index (Phi) is 3.64. The largest absolute Gasteiger partial charge is 0.271 e. The van der Waals surface area contributed by atoms with Crippen LogP contribution < -0.4 is 11.3 Å². The van der Waals surface area contributed by atoms with E-state index in [2.05, 4.69) is 5.43 Å². The van der Waals surface area contributed by atoms with Crippen molar-refractivity contribution < 1.29 is 8.78 Å². The first-order valence-corrected chi connectivity index (χ1v) is 6.58. The monoisotopic (exact) mass is 284 g/mol. The number of nitrogens with one attached hydrogen (secondary N) is 1. The number of halogens is 2. The molecule has 0 amide bonds. The van der Waals surface area contributed by atoms with E-state index in [0.29, 0.717) is 5.56 Å².